The normalized spacial score (nSPS) is 11.0. The van der Waals surface area contributed by atoms with Crippen LogP contribution in [0.5, 0.6) is 0 Å². The van der Waals surface area contributed by atoms with Gasteiger partial charge in [0.05, 0.1) is 10.2 Å². The monoisotopic (exact) mass is 302 g/mol. The number of hydrogen-bond acceptors (Lipinski definition) is 1. The van der Waals surface area contributed by atoms with Gasteiger partial charge in [0.2, 0.25) is 0 Å². The van der Waals surface area contributed by atoms with Crippen molar-refractivity contribution in [3.05, 3.63) is 33.1 Å². The van der Waals surface area contributed by atoms with E-state index in [1.165, 1.54) is 0 Å². The van der Waals surface area contributed by atoms with Gasteiger partial charge < -0.3 is 4.40 Å². The highest BCUT2D eigenvalue weighted by Gasteiger charge is 2.04. The lowest BCUT2D eigenvalue weighted by molar-refractivity contribution is 1.07. The molecular formula is C9H8Br2N2. The molecule has 0 saturated carbocycles. The van der Waals surface area contributed by atoms with Crippen LogP contribution < -0.4 is 0 Å². The molecule has 13 heavy (non-hydrogen) atoms. The number of fused-ring (bicyclic) bond motifs is 1. The molecule has 0 fully saturated rings. The standard InChI is InChI=1S/C9H8Br2N2/c1-2-7-5-13-4-6(10)3-8(11)9(13)12-7/h3-5H,2H2,1H3. The van der Waals surface area contributed by atoms with Crippen molar-refractivity contribution in [2.75, 3.05) is 0 Å². The van der Waals surface area contributed by atoms with Crippen molar-refractivity contribution < 1.29 is 0 Å². The lowest BCUT2D eigenvalue weighted by Crippen LogP contribution is -1.83. The van der Waals surface area contributed by atoms with Crippen LogP contribution in [-0.2, 0) is 6.42 Å². The van der Waals surface area contributed by atoms with E-state index in [9.17, 15) is 0 Å². The second kappa shape index (κ2) is 3.42. The SMILES string of the molecule is CCc1cn2cc(Br)cc(Br)c2n1. The molecule has 0 aliphatic rings. The Hall–Kier alpha value is -0.350. The van der Waals surface area contributed by atoms with Crippen LogP contribution in [0.3, 0.4) is 0 Å². The summed E-state index contributed by atoms with van der Waals surface area (Å²) in [5.41, 5.74) is 2.08. The van der Waals surface area contributed by atoms with Gasteiger partial charge >= 0.3 is 0 Å². The Morgan fingerprint density at radius 2 is 2.15 bits per heavy atom. The van der Waals surface area contributed by atoms with Crippen LogP contribution in [-0.4, -0.2) is 9.38 Å². The molecule has 0 radical (unpaired) electrons. The Labute approximate surface area is 93.2 Å². The van der Waals surface area contributed by atoms with Crippen LogP contribution in [0.2, 0.25) is 0 Å². The molecule has 0 spiro atoms. The molecule has 0 unspecified atom stereocenters. The summed E-state index contributed by atoms with van der Waals surface area (Å²) in [6.07, 6.45) is 5.02. The number of rotatable bonds is 1. The number of aryl methyl sites for hydroxylation is 1. The van der Waals surface area contributed by atoms with Crippen molar-refractivity contribution in [1.82, 2.24) is 9.38 Å². The van der Waals surface area contributed by atoms with Crippen molar-refractivity contribution in [3.63, 3.8) is 0 Å². The molecule has 2 heterocycles. The quantitative estimate of drug-likeness (QED) is 0.789. The zero-order chi connectivity index (χ0) is 9.42. The summed E-state index contributed by atoms with van der Waals surface area (Å²) in [6, 6.07) is 2.00. The molecule has 0 saturated heterocycles. The predicted molar refractivity (Wildman–Crippen MR) is 60.0 cm³/mol. The molecule has 4 heteroatoms. The molecule has 0 bridgehead atoms. The van der Waals surface area contributed by atoms with E-state index in [1.807, 2.05) is 22.9 Å². The van der Waals surface area contributed by atoms with Gasteiger partial charge in [0.1, 0.15) is 0 Å². The minimum absolute atomic E-state index is 0.964. The van der Waals surface area contributed by atoms with Crippen molar-refractivity contribution in [1.29, 1.82) is 0 Å². The number of imidazole rings is 1. The first kappa shape index (κ1) is 9.21. The summed E-state index contributed by atoms with van der Waals surface area (Å²) < 4.78 is 4.08. The number of pyridine rings is 1. The Morgan fingerprint density at radius 1 is 1.38 bits per heavy atom. The Bertz CT molecular complexity index is 448. The predicted octanol–water partition coefficient (Wildman–Crippen LogP) is 3.42. The Balaban J connectivity index is 2.75. The van der Waals surface area contributed by atoms with Crippen LogP contribution >= 0.6 is 31.9 Å². The third kappa shape index (κ3) is 1.65. The molecule has 0 aliphatic heterocycles. The number of halogens is 2. The summed E-state index contributed by atoms with van der Waals surface area (Å²) in [4.78, 5) is 4.47. The van der Waals surface area contributed by atoms with Gasteiger partial charge in [0.25, 0.3) is 0 Å². The lowest BCUT2D eigenvalue weighted by atomic mass is 10.4. The highest BCUT2D eigenvalue weighted by atomic mass is 79.9. The first-order valence-electron chi connectivity index (χ1n) is 4.03. The van der Waals surface area contributed by atoms with E-state index in [-0.39, 0.29) is 0 Å². The van der Waals surface area contributed by atoms with Gasteiger partial charge in [-0.25, -0.2) is 4.98 Å². The average Bonchev–Trinajstić information content (AvgIpc) is 2.47. The fourth-order valence-corrected chi connectivity index (χ4v) is 2.54. The van der Waals surface area contributed by atoms with Crippen LogP contribution in [0.4, 0.5) is 0 Å². The summed E-state index contributed by atoms with van der Waals surface area (Å²) >= 11 is 6.91. The van der Waals surface area contributed by atoms with Crippen molar-refractivity contribution in [2.45, 2.75) is 13.3 Å². The van der Waals surface area contributed by atoms with Crippen molar-refractivity contribution in [3.8, 4) is 0 Å². The molecule has 0 atom stereocenters. The molecule has 2 nitrogen and oxygen atoms in total. The maximum absolute atomic E-state index is 4.47. The third-order valence-corrected chi connectivity index (χ3v) is 2.90. The largest absolute Gasteiger partial charge is 0.305 e. The minimum Gasteiger partial charge on any atom is -0.305 e. The number of hydrogen-bond donors (Lipinski definition) is 0. The van der Waals surface area contributed by atoms with Crippen molar-refractivity contribution in [2.24, 2.45) is 0 Å². The average molecular weight is 304 g/mol. The summed E-state index contributed by atoms with van der Waals surface area (Å²) in [5, 5.41) is 0. The van der Waals surface area contributed by atoms with Crippen molar-refractivity contribution >= 4 is 37.5 Å². The van der Waals surface area contributed by atoms with Crippen LogP contribution in [0, 0.1) is 0 Å². The fourth-order valence-electron chi connectivity index (χ4n) is 1.25. The van der Waals surface area contributed by atoms with E-state index in [0.29, 0.717) is 0 Å². The maximum atomic E-state index is 4.47. The van der Waals surface area contributed by atoms with Crippen LogP contribution in [0.25, 0.3) is 5.65 Å². The van der Waals surface area contributed by atoms with Gasteiger partial charge in [-0.3, -0.25) is 0 Å². The molecule has 0 aromatic carbocycles. The number of nitrogens with zero attached hydrogens (tertiary/aromatic N) is 2. The molecule has 2 rings (SSSR count). The molecular weight excluding hydrogens is 296 g/mol. The van der Waals surface area contributed by atoms with E-state index < -0.39 is 0 Å². The first-order valence-corrected chi connectivity index (χ1v) is 5.62. The maximum Gasteiger partial charge on any atom is 0.151 e. The summed E-state index contributed by atoms with van der Waals surface area (Å²) in [6.45, 7) is 2.10. The Kier molecular flexibility index (Phi) is 2.43. The molecule has 0 aliphatic carbocycles. The van der Waals surface area contributed by atoms with Gasteiger partial charge in [-0.2, -0.15) is 0 Å². The van der Waals surface area contributed by atoms with Gasteiger partial charge in [-0.15, -0.1) is 0 Å². The van der Waals surface area contributed by atoms with E-state index in [4.69, 9.17) is 0 Å². The van der Waals surface area contributed by atoms with E-state index >= 15 is 0 Å². The zero-order valence-corrected chi connectivity index (χ0v) is 10.3. The minimum atomic E-state index is 0.964. The van der Waals surface area contributed by atoms with Gasteiger partial charge in [-0.05, 0) is 44.3 Å². The smallest absolute Gasteiger partial charge is 0.151 e. The van der Waals surface area contributed by atoms with E-state index in [0.717, 1.165) is 26.7 Å². The summed E-state index contributed by atoms with van der Waals surface area (Å²) in [5.74, 6) is 0. The van der Waals surface area contributed by atoms with Gasteiger partial charge in [0, 0.05) is 16.9 Å². The molecule has 2 aromatic heterocycles. The summed E-state index contributed by atoms with van der Waals surface area (Å²) in [7, 11) is 0. The van der Waals surface area contributed by atoms with E-state index in [1.54, 1.807) is 0 Å². The van der Waals surface area contributed by atoms with Gasteiger partial charge in [-0.1, -0.05) is 6.92 Å². The molecule has 2 aromatic rings. The second-order valence-corrected chi connectivity index (χ2v) is 4.59. The highest BCUT2D eigenvalue weighted by molar-refractivity contribution is 9.11. The zero-order valence-electron chi connectivity index (χ0n) is 7.09. The first-order chi connectivity index (χ1) is 6.20. The third-order valence-electron chi connectivity index (χ3n) is 1.89. The molecule has 0 amide bonds. The lowest BCUT2D eigenvalue weighted by Gasteiger charge is -1.96. The molecule has 68 valence electrons. The Morgan fingerprint density at radius 3 is 2.85 bits per heavy atom. The highest BCUT2D eigenvalue weighted by Crippen LogP contribution is 2.22. The molecule has 0 N–H and O–H groups in total. The van der Waals surface area contributed by atoms with Crippen LogP contribution in [0.15, 0.2) is 27.4 Å². The van der Waals surface area contributed by atoms with E-state index in [2.05, 4.69) is 43.8 Å². The van der Waals surface area contributed by atoms with Gasteiger partial charge in [0.15, 0.2) is 5.65 Å². The second-order valence-electron chi connectivity index (χ2n) is 2.82. The van der Waals surface area contributed by atoms with Crippen LogP contribution in [0.1, 0.15) is 12.6 Å². The topological polar surface area (TPSA) is 17.3 Å². The number of aromatic nitrogens is 2. The fraction of sp³-hybridized carbons (Fsp3) is 0.222.